The van der Waals surface area contributed by atoms with E-state index in [4.69, 9.17) is 0 Å². The third-order valence-corrected chi connectivity index (χ3v) is 6.90. The number of halogens is 4. The Balaban J connectivity index is 0.000000644. The first-order valence-corrected chi connectivity index (χ1v) is 17.3. The van der Waals surface area contributed by atoms with Crippen LogP contribution in [0.3, 0.4) is 0 Å². The average molecular weight is 703 g/mol. The standard InChI is InChI=1S/2C11H14F2NO2S.2C5H5.Ti/c2*1-8(7-14-17(2,15)16)5-9-3-4-10(12)6-11(9)13;2*1-2-4-5-3-1;/h2*3-4,8,14H,5,7H2,1-2H3;2*1-5H;/q4*-1;+4. The monoisotopic (exact) mass is 702 g/mol. The van der Waals surface area contributed by atoms with Crippen LogP contribution in [0.2, 0.25) is 0 Å². The van der Waals surface area contributed by atoms with Crippen molar-refractivity contribution in [1.29, 1.82) is 0 Å². The normalized spacial score (nSPS) is 12.1. The van der Waals surface area contributed by atoms with Gasteiger partial charge < -0.3 is 0 Å². The SMILES string of the molecule is CC(CNS(C)(=O)=O)Cc1ccc(F)[c-]c1F.CC(CNS(C)(=O)=O)Cc1ccc(F)[c-]c1F.[Ti+4].c1cc[cH-]c1.c1cc[cH-]c1. The topological polar surface area (TPSA) is 92.3 Å². The van der Waals surface area contributed by atoms with Gasteiger partial charge in [-0.3, -0.25) is 0 Å². The molecule has 0 aromatic heterocycles. The van der Waals surface area contributed by atoms with E-state index < -0.39 is 43.3 Å². The second-order valence-electron chi connectivity index (χ2n) is 10.1. The van der Waals surface area contributed by atoms with Crippen LogP contribution in [0.5, 0.6) is 0 Å². The molecule has 0 radical (unpaired) electrons. The zero-order chi connectivity index (χ0) is 33.2. The Kier molecular flexibility index (Phi) is 20.7. The Labute approximate surface area is 280 Å². The summed E-state index contributed by atoms with van der Waals surface area (Å²) in [6.45, 7) is 3.99. The third-order valence-electron chi connectivity index (χ3n) is 5.52. The molecule has 0 heterocycles. The van der Waals surface area contributed by atoms with E-state index in [2.05, 4.69) is 9.44 Å². The maximum absolute atomic E-state index is 13.3. The molecular weight excluding hydrogens is 664 g/mol. The number of benzene rings is 2. The molecule has 13 heteroatoms. The van der Waals surface area contributed by atoms with Gasteiger partial charge in [0, 0.05) is 36.4 Å². The predicted octanol–water partition coefficient (Wildman–Crippen LogP) is 5.79. The maximum atomic E-state index is 13.3. The van der Waals surface area contributed by atoms with Crippen molar-refractivity contribution in [2.45, 2.75) is 26.7 Å². The summed E-state index contributed by atoms with van der Waals surface area (Å²) in [5.74, 6) is -3.11. The summed E-state index contributed by atoms with van der Waals surface area (Å²) in [7, 11) is -6.48. The Morgan fingerprint density at radius 3 is 1.18 bits per heavy atom. The zero-order valence-corrected chi connectivity index (χ0v) is 28.7. The number of rotatable bonds is 10. The second-order valence-corrected chi connectivity index (χ2v) is 13.7. The minimum absolute atomic E-state index is 0. The van der Waals surface area contributed by atoms with Crippen LogP contribution in [0.25, 0.3) is 0 Å². The van der Waals surface area contributed by atoms with E-state index in [9.17, 15) is 34.4 Å². The van der Waals surface area contributed by atoms with Crippen LogP contribution in [0, 0.1) is 47.2 Å². The summed E-state index contributed by atoms with van der Waals surface area (Å²) in [5, 5.41) is 0. The van der Waals surface area contributed by atoms with Crippen molar-refractivity contribution in [3.8, 4) is 0 Å². The van der Waals surface area contributed by atoms with Gasteiger partial charge in [0.25, 0.3) is 0 Å². The Hall–Kier alpha value is -2.61. The van der Waals surface area contributed by atoms with E-state index >= 15 is 0 Å². The largest absolute Gasteiger partial charge is 4.00 e. The van der Waals surface area contributed by atoms with Crippen LogP contribution in [0.4, 0.5) is 17.6 Å². The minimum Gasteiger partial charge on any atom is -0.236 e. The van der Waals surface area contributed by atoms with Crippen molar-refractivity contribution >= 4 is 20.0 Å². The Morgan fingerprint density at radius 1 is 0.644 bits per heavy atom. The fourth-order valence-electron chi connectivity index (χ4n) is 3.39. The molecule has 2 N–H and O–H groups in total. The van der Waals surface area contributed by atoms with E-state index in [0.717, 1.165) is 24.6 Å². The molecule has 4 aromatic rings. The number of sulfonamides is 2. The molecule has 0 amide bonds. The molecule has 0 spiro atoms. The van der Waals surface area contributed by atoms with Crippen molar-refractivity contribution in [3.63, 3.8) is 0 Å². The number of hydrogen-bond acceptors (Lipinski definition) is 4. The third kappa shape index (κ3) is 22.5. The Bertz CT molecular complexity index is 1400. The molecule has 6 nitrogen and oxygen atoms in total. The molecule has 0 aliphatic heterocycles. The van der Waals surface area contributed by atoms with Gasteiger partial charge in [0.1, 0.15) is 0 Å². The molecule has 0 bridgehead atoms. The predicted molar refractivity (Wildman–Crippen MR) is 166 cm³/mol. The summed E-state index contributed by atoms with van der Waals surface area (Å²) in [6.07, 6.45) is 2.77. The molecule has 4 aromatic carbocycles. The summed E-state index contributed by atoms with van der Waals surface area (Å²) in [5.41, 5.74) is 0.656. The van der Waals surface area contributed by atoms with Crippen molar-refractivity contribution in [2.24, 2.45) is 11.8 Å². The summed E-state index contributed by atoms with van der Waals surface area (Å²) in [4.78, 5) is 0. The molecule has 0 fully saturated rings. The molecular formula is C32H38F4N2O4S2Ti. The molecule has 0 aliphatic rings. The van der Waals surface area contributed by atoms with Crippen LogP contribution in [0.1, 0.15) is 25.0 Å². The molecule has 45 heavy (non-hydrogen) atoms. The molecule has 0 aliphatic carbocycles. The Morgan fingerprint density at radius 2 is 0.956 bits per heavy atom. The van der Waals surface area contributed by atoms with Crippen LogP contribution in [-0.4, -0.2) is 42.4 Å². The second kappa shape index (κ2) is 22.0. The van der Waals surface area contributed by atoms with Crippen molar-refractivity contribution in [1.82, 2.24) is 9.44 Å². The summed E-state index contributed by atoms with van der Waals surface area (Å²) in [6, 6.07) is 28.8. The summed E-state index contributed by atoms with van der Waals surface area (Å²) < 4.78 is 99.8. The molecule has 2 atom stereocenters. The molecule has 0 saturated carbocycles. The van der Waals surface area contributed by atoms with Gasteiger partial charge in [0.05, 0.1) is 12.5 Å². The van der Waals surface area contributed by atoms with Crippen LogP contribution < -0.4 is 9.44 Å². The number of hydrogen-bond donors (Lipinski definition) is 2. The molecule has 4 rings (SSSR count). The fraction of sp³-hybridized carbons (Fsp3) is 0.312. The first-order valence-electron chi connectivity index (χ1n) is 13.5. The zero-order valence-electron chi connectivity index (χ0n) is 25.5. The van der Waals surface area contributed by atoms with Gasteiger partial charge in [-0.25, -0.2) is 68.1 Å². The van der Waals surface area contributed by atoms with Gasteiger partial charge in [0.15, 0.2) is 0 Å². The summed E-state index contributed by atoms with van der Waals surface area (Å²) >= 11 is 0. The van der Waals surface area contributed by atoms with E-state index in [1.807, 2.05) is 72.8 Å². The quantitative estimate of drug-likeness (QED) is 0.124. The van der Waals surface area contributed by atoms with Crippen molar-refractivity contribution in [2.75, 3.05) is 25.6 Å². The van der Waals surface area contributed by atoms with Crippen molar-refractivity contribution in [3.05, 3.63) is 131 Å². The van der Waals surface area contributed by atoms with Crippen LogP contribution >= 0.6 is 0 Å². The first kappa shape index (κ1) is 42.4. The smallest absolute Gasteiger partial charge is 0.236 e. The minimum atomic E-state index is -3.24. The number of nitrogens with one attached hydrogen (secondary N) is 2. The molecule has 2 unspecified atom stereocenters. The van der Waals surface area contributed by atoms with E-state index in [1.165, 1.54) is 12.1 Å². The van der Waals surface area contributed by atoms with Gasteiger partial charge in [-0.1, -0.05) is 26.7 Å². The average Bonchev–Trinajstić information content (AvgIpc) is 3.69. The molecule has 0 saturated heterocycles. The van der Waals surface area contributed by atoms with Gasteiger partial charge in [-0.2, -0.15) is 48.5 Å². The first-order chi connectivity index (χ1) is 20.6. The van der Waals surface area contributed by atoms with E-state index in [1.54, 1.807) is 13.8 Å². The molecule has 244 valence electrons. The van der Waals surface area contributed by atoms with Gasteiger partial charge >= 0.3 is 21.7 Å². The fourth-order valence-corrected chi connectivity index (χ4v) is 4.56. The van der Waals surface area contributed by atoms with Crippen LogP contribution in [-0.2, 0) is 54.6 Å². The van der Waals surface area contributed by atoms with E-state index in [-0.39, 0.29) is 46.6 Å². The van der Waals surface area contributed by atoms with Gasteiger partial charge in [0.2, 0.25) is 20.0 Å². The van der Waals surface area contributed by atoms with Gasteiger partial charge in [-0.15, -0.1) is 35.4 Å². The van der Waals surface area contributed by atoms with E-state index in [0.29, 0.717) is 24.0 Å². The van der Waals surface area contributed by atoms with Crippen LogP contribution in [0.15, 0.2) is 84.9 Å². The van der Waals surface area contributed by atoms with Crippen molar-refractivity contribution < 1.29 is 56.1 Å². The van der Waals surface area contributed by atoms with Gasteiger partial charge in [-0.05, 0) is 11.8 Å². The maximum Gasteiger partial charge on any atom is 4.00 e.